The molecule has 6 nitrogen and oxygen atoms in total. The number of halogens is 4. The number of alkyl halides is 3. The molecule has 0 bridgehead atoms. The first-order valence-electron chi connectivity index (χ1n) is 11.2. The lowest BCUT2D eigenvalue weighted by atomic mass is 9.85. The second-order valence-electron chi connectivity index (χ2n) is 9.36. The van der Waals surface area contributed by atoms with Gasteiger partial charge in [-0.25, -0.2) is 9.37 Å². The van der Waals surface area contributed by atoms with E-state index in [1.54, 1.807) is 13.8 Å². The van der Waals surface area contributed by atoms with Crippen molar-refractivity contribution in [3.63, 3.8) is 0 Å². The molecule has 1 spiro atoms. The third kappa shape index (κ3) is 3.83. The Hall–Kier alpha value is -3.01. The maximum Gasteiger partial charge on any atom is 0.419 e. The summed E-state index contributed by atoms with van der Waals surface area (Å²) in [7, 11) is 0. The van der Waals surface area contributed by atoms with Gasteiger partial charge in [-0.3, -0.25) is 0 Å². The zero-order valence-electron chi connectivity index (χ0n) is 19.1. The van der Waals surface area contributed by atoms with Crippen LogP contribution in [0.15, 0.2) is 24.3 Å². The van der Waals surface area contributed by atoms with E-state index in [4.69, 9.17) is 9.72 Å². The lowest BCUT2D eigenvalue weighted by molar-refractivity contribution is -0.140. The van der Waals surface area contributed by atoms with Crippen LogP contribution in [0.2, 0.25) is 0 Å². The molecule has 1 aromatic carbocycles. The van der Waals surface area contributed by atoms with Gasteiger partial charge in [-0.1, -0.05) is 12.1 Å². The second-order valence-corrected chi connectivity index (χ2v) is 9.36. The fraction of sp³-hybridized carbons (Fsp3) is 0.458. The lowest BCUT2D eigenvalue weighted by Crippen LogP contribution is -2.44. The van der Waals surface area contributed by atoms with E-state index in [0.29, 0.717) is 22.4 Å². The third-order valence-electron chi connectivity index (χ3n) is 6.83. The highest BCUT2D eigenvalue weighted by Gasteiger charge is 2.44. The van der Waals surface area contributed by atoms with E-state index < -0.39 is 23.6 Å². The number of pyridine rings is 1. The Balaban J connectivity index is 1.51. The Morgan fingerprint density at radius 2 is 1.91 bits per heavy atom. The van der Waals surface area contributed by atoms with Crippen molar-refractivity contribution in [3.8, 4) is 0 Å². The summed E-state index contributed by atoms with van der Waals surface area (Å²) in [5.74, 6) is -0.946. The third-order valence-corrected chi connectivity index (χ3v) is 6.83. The van der Waals surface area contributed by atoms with Crippen LogP contribution in [0, 0.1) is 25.1 Å². The number of benzene rings is 1. The minimum absolute atomic E-state index is 0.0999. The van der Waals surface area contributed by atoms with Crippen molar-refractivity contribution in [2.24, 2.45) is 5.41 Å². The number of hydrogen-bond acceptors (Lipinski definition) is 6. The van der Waals surface area contributed by atoms with Crippen LogP contribution in [0.25, 0.3) is 10.9 Å². The molecule has 5 rings (SSSR count). The Morgan fingerprint density at radius 3 is 2.56 bits per heavy atom. The van der Waals surface area contributed by atoms with Crippen molar-refractivity contribution in [2.75, 3.05) is 36.5 Å². The molecule has 0 amide bonds. The molecule has 2 saturated heterocycles. The van der Waals surface area contributed by atoms with Gasteiger partial charge in [-0.2, -0.15) is 18.3 Å². The molecular formula is C24H25F4N5O. The van der Waals surface area contributed by atoms with E-state index in [9.17, 15) is 17.6 Å². The number of aromatic nitrogens is 3. The maximum absolute atomic E-state index is 14.7. The molecule has 1 atom stereocenters. The average molecular weight is 475 g/mol. The standard InChI is InChI=1S/C24H25F4N5O/c1-13(16-5-4-6-18(20(16)25)24(26,27)28)30-22-17-9-19(14(2)29-21(17)15(3)31-32-22)33-8-7-23(10-33)11-34-12-23/h4-6,9,13H,7-8,10-12H2,1-3H3,(H,30,32)/t13-/m1/s1. The summed E-state index contributed by atoms with van der Waals surface area (Å²) < 4.78 is 59.7. The van der Waals surface area contributed by atoms with Gasteiger partial charge in [0.2, 0.25) is 0 Å². The molecule has 0 saturated carbocycles. The minimum atomic E-state index is -4.77. The number of ether oxygens (including phenoxy) is 1. The number of fused-ring (bicyclic) bond motifs is 1. The van der Waals surface area contributed by atoms with Crippen molar-refractivity contribution in [3.05, 3.63) is 52.6 Å². The Morgan fingerprint density at radius 1 is 1.15 bits per heavy atom. The molecule has 10 heteroatoms. The van der Waals surface area contributed by atoms with Crippen LogP contribution in [0.3, 0.4) is 0 Å². The highest BCUT2D eigenvalue weighted by atomic mass is 19.4. The summed E-state index contributed by atoms with van der Waals surface area (Å²) in [5, 5.41) is 12.2. The van der Waals surface area contributed by atoms with Crippen LogP contribution in [0.5, 0.6) is 0 Å². The van der Waals surface area contributed by atoms with Crippen molar-refractivity contribution >= 4 is 22.4 Å². The van der Waals surface area contributed by atoms with E-state index in [1.807, 2.05) is 13.0 Å². The fourth-order valence-corrected chi connectivity index (χ4v) is 4.86. The van der Waals surface area contributed by atoms with Crippen molar-refractivity contribution < 1.29 is 22.3 Å². The van der Waals surface area contributed by atoms with Gasteiger partial charge in [0.1, 0.15) is 5.82 Å². The van der Waals surface area contributed by atoms with Crippen LogP contribution in [-0.2, 0) is 10.9 Å². The first kappa shape index (κ1) is 22.8. The Labute approximate surface area is 194 Å². The number of rotatable bonds is 4. The van der Waals surface area contributed by atoms with Gasteiger partial charge in [0.25, 0.3) is 0 Å². The zero-order valence-corrected chi connectivity index (χ0v) is 19.1. The van der Waals surface area contributed by atoms with Gasteiger partial charge in [0.05, 0.1) is 47.4 Å². The summed E-state index contributed by atoms with van der Waals surface area (Å²) in [5.41, 5.74) is 1.94. The first-order chi connectivity index (χ1) is 16.1. The van der Waals surface area contributed by atoms with Crippen molar-refractivity contribution in [2.45, 2.75) is 39.4 Å². The Kier molecular flexibility index (Phi) is 5.38. The van der Waals surface area contributed by atoms with Crippen LogP contribution >= 0.6 is 0 Å². The highest BCUT2D eigenvalue weighted by molar-refractivity contribution is 5.93. The topological polar surface area (TPSA) is 63.2 Å². The summed E-state index contributed by atoms with van der Waals surface area (Å²) in [6, 6.07) is 4.49. The van der Waals surface area contributed by atoms with Gasteiger partial charge < -0.3 is 15.0 Å². The first-order valence-corrected chi connectivity index (χ1v) is 11.2. The molecule has 2 aliphatic heterocycles. The van der Waals surface area contributed by atoms with Gasteiger partial charge >= 0.3 is 6.18 Å². The van der Waals surface area contributed by atoms with E-state index >= 15 is 0 Å². The van der Waals surface area contributed by atoms with Gasteiger partial charge in [-0.15, -0.1) is 5.10 Å². The number of anilines is 2. The predicted molar refractivity (Wildman–Crippen MR) is 120 cm³/mol. The number of hydrogen-bond donors (Lipinski definition) is 1. The minimum Gasteiger partial charge on any atom is -0.380 e. The molecule has 0 aliphatic carbocycles. The van der Waals surface area contributed by atoms with Crippen LogP contribution in [-0.4, -0.2) is 41.5 Å². The summed E-state index contributed by atoms with van der Waals surface area (Å²) in [6.45, 7) is 8.65. The summed E-state index contributed by atoms with van der Waals surface area (Å²) in [6.07, 6.45) is -3.72. The molecule has 2 fully saturated rings. The fourth-order valence-electron chi connectivity index (χ4n) is 4.86. The van der Waals surface area contributed by atoms with E-state index in [2.05, 4.69) is 20.4 Å². The lowest BCUT2D eigenvalue weighted by Gasteiger charge is -2.38. The molecule has 180 valence electrons. The quantitative estimate of drug-likeness (QED) is 0.524. The normalized spacial score (nSPS) is 18.4. The molecule has 0 radical (unpaired) electrons. The summed E-state index contributed by atoms with van der Waals surface area (Å²) >= 11 is 0. The van der Waals surface area contributed by atoms with Crippen molar-refractivity contribution in [1.82, 2.24) is 15.2 Å². The molecule has 1 N–H and O–H groups in total. The number of nitrogens with zero attached hydrogens (tertiary/aromatic N) is 4. The largest absolute Gasteiger partial charge is 0.419 e. The molecule has 4 heterocycles. The van der Waals surface area contributed by atoms with Gasteiger partial charge in [0, 0.05) is 29.5 Å². The van der Waals surface area contributed by atoms with Crippen LogP contribution < -0.4 is 10.2 Å². The highest BCUT2D eigenvalue weighted by Crippen LogP contribution is 2.41. The van der Waals surface area contributed by atoms with Crippen LogP contribution in [0.1, 0.15) is 41.9 Å². The SMILES string of the molecule is Cc1nc2c(C)nnc(N[C@H](C)c3cccc(C(F)(F)F)c3F)c2cc1N1CCC2(COC2)C1. The summed E-state index contributed by atoms with van der Waals surface area (Å²) in [4.78, 5) is 7.07. The number of nitrogens with one attached hydrogen (secondary N) is 1. The predicted octanol–water partition coefficient (Wildman–Crippen LogP) is 5.20. The van der Waals surface area contributed by atoms with Gasteiger partial charge in [-0.05, 0) is 39.3 Å². The van der Waals surface area contributed by atoms with E-state index in [1.165, 1.54) is 12.1 Å². The molecule has 0 unspecified atom stereocenters. The molecule has 3 aromatic rings. The van der Waals surface area contributed by atoms with Crippen LogP contribution in [0.4, 0.5) is 29.1 Å². The van der Waals surface area contributed by atoms with E-state index in [0.717, 1.165) is 50.2 Å². The zero-order chi connectivity index (χ0) is 24.3. The molecular weight excluding hydrogens is 450 g/mol. The van der Waals surface area contributed by atoms with Gasteiger partial charge in [0.15, 0.2) is 5.82 Å². The van der Waals surface area contributed by atoms with E-state index in [-0.39, 0.29) is 11.0 Å². The molecule has 2 aromatic heterocycles. The second kappa shape index (κ2) is 8.04. The monoisotopic (exact) mass is 475 g/mol. The molecule has 2 aliphatic rings. The Bertz CT molecular complexity index is 1260. The molecule has 34 heavy (non-hydrogen) atoms. The van der Waals surface area contributed by atoms with Crippen molar-refractivity contribution in [1.29, 1.82) is 0 Å². The number of aryl methyl sites for hydroxylation is 2. The maximum atomic E-state index is 14.7. The smallest absolute Gasteiger partial charge is 0.380 e. The average Bonchev–Trinajstić information content (AvgIpc) is 3.21.